The summed E-state index contributed by atoms with van der Waals surface area (Å²) in [4.78, 5) is 36.3. The molecule has 22 heavy (non-hydrogen) atoms. The fourth-order valence-electron chi connectivity index (χ4n) is 2.12. The molecule has 3 nitrogen and oxygen atoms in total. The Hall–Kier alpha value is -2.81. The molecule has 0 spiro atoms. The minimum atomic E-state index is -1.28. The zero-order valence-electron chi connectivity index (χ0n) is 12.2. The molecule has 2 rings (SSSR count). The number of rotatable bonds is 6. The molecule has 0 bridgehead atoms. The molecule has 0 saturated heterocycles. The summed E-state index contributed by atoms with van der Waals surface area (Å²) in [5, 5.41) is 0. The van der Waals surface area contributed by atoms with Crippen LogP contribution in [0.5, 0.6) is 0 Å². The normalized spacial score (nSPS) is 12.0. The molecule has 0 saturated carbocycles. The van der Waals surface area contributed by atoms with Gasteiger partial charge >= 0.3 is 0 Å². The van der Waals surface area contributed by atoms with Crippen molar-refractivity contribution in [3.8, 4) is 0 Å². The Bertz CT molecular complexity index is 700. The highest BCUT2D eigenvalue weighted by atomic mass is 16.2. The molecule has 0 amide bonds. The van der Waals surface area contributed by atoms with Crippen molar-refractivity contribution in [3.05, 3.63) is 77.9 Å². The average molecular weight is 292 g/mol. The Morgan fingerprint density at radius 2 is 1.41 bits per heavy atom. The van der Waals surface area contributed by atoms with E-state index in [1.807, 2.05) is 30.3 Å². The van der Waals surface area contributed by atoms with Crippen molar-refractivity contribution < 1.29 is 14.4 Å². The fraction of sp³-hybridized carbons (Fsp3) is 0.105. The molecule has 2 aromatic carbocycles. The number of ketones is 3. The third-order valence-corrected chi connectivity index (χ3v) is 3.25. The van der Waals surface area contributed by atoms with Gasteiger partial charge in [-0.15, -0.1) is 0 Å². The van der Waals surface area contributed by atoms with Gasteiger partial charge in [-0.3, -0.25) is 14.4 Å². The third kappa shape index (κ3) is 3.85. The Morgan fingerprint density at radius 1 is 0.864 bits per heavy atom. The summed E-state index contributed by atoms with van der Waals surface area (Å²) in [5.74, 6) is -2.68. The predicted molar refractivity (Wildman–Crippen MR) is 85.4 cm³/mol. The summed E-state index contributed by atoms with van der Waals surface area (Å²) >= 11 is 0. The molecule has 0 heterocycles. The maximum absolute atomic E-state index is 12.4. The van der Waals surface area contributed by atoms with Crippen LogP contribution in [0.15, 0.2) is 66.7 Å². The van der Waals surface area contributed by atoms with Crippen LogP contribution in [0.3, 0.4) is 0 Å². The van der Waals surface area contributed by atoms with Gasteiger partial charge in [0.2, 0.25) is 0 Å². The minimum absolute atomic E-state index is 0.365. The quantitative estimate of drug-likeness (QED) is 0.466. The van der Waals surface area contributed by atoms with Gasteiger partial charge in [-0.05, 0) is 18.6 Å². The second kappa shape index (κ2) is 7.27. The summed E-state index contributed by atoms with van der Waals surface area (Å²) < 4.78 is 0. The van der Waals surface area contributed by atoms with Crippen LogP contribution in [0.1, 0.15) is 22.8 Å². The van der Waals surface area contributed by atoms with E-state index in [9.17, 15) is 14.4 Å². The Kier molecular flexibility index (Phi) is 5.15. The van der Waals surface area contributed by atoms with Gasteiger partial charge in [-0.1, -0.05) is 66.7 Å². The van der Waals surface area contributed by atoms with Crippen LogP contribution in [0.4, 0.5) is 0 Å². The van der Waals surface area contributed by atoms with E-state index in [0.29, 0.717) is 5.56 Å². The first-order valence-electron chi connectivity index (χ1n) is 6.96. The van der Waals surface area contributed by atoms with Crippen LogP contribution in [-0.2, 0) is 9.59 Å². The van der Waals surface area contributed by atoms with Gasteiger partial charge in [0, 0.05) is 5.56 Å². The largest absolute Gasteiger partial charge is 0.299 e. The summed E-state index contributed by atoms with van der Waals surface area (Å²) in [6.45, 7) is 1.26. The molecule has 0 N–H and O–H groups in total. The van der Waals surface area contributed by atoms with Crippen LogP contribution in [0, 0.1) is 5.92 Å². The topological polar surface area (TPSA) is 51.2 Å². The van der Waals surface area contributed by atoms with Crippen molar-refractivity contribution in [2.45, 2.75) is 6.92 Å². The molecule has 0 aliphatic heterocycles. The molecule has 1 unspecified atom stereocenters. The van der Waals surface area contributed by atoms with Crippen molar-refractivity contribution in [3.63, 3.8) is 0 Å². The summed E-state index contributed by atoms with van der Waals surface area (Å²) in [6, 6.07) is 17.6. The lowest BCUT2D eigenvalue weighted by molar-refractivity contribution is -0.126. The molecule has 0 aromatic heterocycles. The van der Waals surface area contributed by atoms with Gasteiger partial charge in [-0.2, -0.15) is 0 Å². The molecule has 0 fully saturated rings. The summed E-state index contributed by atoms with van der Waals surface area (Å²) in [7, 11) is 0. The van der Waals surface area contributed by atoms with Gasteiger partial charge in [-0.25, -0.2) is 0 Å². The van der Waals surface area contributed by atoms with Crippen molar-refractivity contribution in [2.75, 3.05) is 0 Å². The standard InChI is InChI=1S/C19H16O3/c1-14(20)18(19(22)16-10-6-3-7-11-16)17(21)13-12-15-8-4-2-5-9-15/h2-13,18H,1H3. The lowest BCUT2D eigenvalue weighted by Crippen LogP contribution is -2.29. The SMILES string of the molecule is CC(=O)C(C(=O)C=Cc1ccccc1)C(=O)c1ccccc1. The van der Waals surface area contributed by atoms with Crippen LogP contribution < -0.4 is 0 Å². The van der Waals surface area contributed by atoms with E-state index in [-0.39, 0.29) is 0 Å². The first-order chi connectivity index (χ1) is 10.6. The van der Waals surface area contributed by atoms with Crippen LogP contribution in [0.25, 0.3) is 6.08 Å². The van der Waals surface area contributed by atoms with Crippen molar-refractivity contribution in [1.29, 1.82) is 0 Å². The van der Waals surface area contributed by atoms with Crippen molar-refractivity contribution >= 4 is 23.4 Å². The number of allylic oxidation sites excluding steroid dienone is 1. The lowest BCUT2D eigenvalue weighted by atomic mass is 9.90. The smallest absolute Gasteiger partial charge is 0.181 e. The molecule has 0 aliphatic carbocycles. The van der Waals surface area contributed by atoms with E-state index in [0.717, 1.165) is 5.56 Å². The molecule has 0 aliphatic rings. The first kappa shape index (κ1) is 15.6. The van der Waals surface area contributed by atoms with Crippen LogP contribution in [-0.4, -0.2) is 17.3 Å². The first-order valence-corrected chi connectivity index (χ1v) is 6.96. The lowest BCUT2D eigenvalue weighted by Gasteiger charge is -2.09. The van der Waals surface area contributed by atoms with Gasteiger partial charge in [0.1, 0.15) is 11.7 Å². The van der Waals surface area contributed by atoms with E-state index in [1.165, 1.54) is 13.0 Å². The Balaban J connectivity index is 2.21. The number of benzene rings is 2. The molecular weight excluding hydrogens is 276 g/mol. The highest BCUT2D eigenvalue weighted by Gasteiger charge is 2.29. The van der Waals surface area contributed by atoms with Crippen LogP contribution >= 0.6 is 0 Å². The predicted octanol–water partition coefficient (Wildman–Crippen LogP) is 3.36. The van der Waals surface area contributed by atoms with E-state index < -0.39 is 23.3 Å². The number of hydrogen-bond donors (Lipinski definition) is 0. The zero-order valence-corrected chi connectivity index (χ0v) is 12.2. The molecule has 2 aromatic rings. The van der Waals surface area contributed by atoms with Gasteiger partial charge < -0.3 is 0 Å². The van der Waals surface area contributed by atoms with Crippen molar-refractivity contribution in [1.82, 2.24) is 0 Å². The highest BCUT2D eigenvalue weighted by molar-refractivity contribution is 6.26. The zero-order chi connectivity index (χ0) is 15.9. The van der Waals surface area contributed by atoms with E-state index in [1.54, 1.807) is 36.4 Å². The number of hydrogen-bond acceptors (Lipinski definition) is 3. The fourth-order valence-corrected chi connectivity index (χ4v) is 2.12. The minimum Gasteiger partial charge on any atom is -0.299 e. The summed E-state index contributed by atoms with van der Waals surface area (Å²) in [5.41, 5.74) is 1.20. The number of carbonyl (C=O) groups is 3. The number of Topliss-reactive ketones (excluding diaryl/α,β-unsaturated/α-hetero) is 2. The Labute approximate surface area is 129 Å². The van der Waals surface area contributed by atoms with E-state index in [2.05, 4.69) is 0 Å². The summed E-state index contributed by atoms with van der Waals surface area (Å²) in [6.07, 6.45) is 2.90. The molecule has 0 radical (unpaired) electrons. The van der Waals surface area contributed by atoms with Gasteiger partial charge in [0.05, 0.1) is 0 Å². The Morgan fingerprint density at radius 3 is 1.95 bits per heavy atom. The second-order valence-corrected chi connectivity index (χ2v) is 4.92. The molecule has 3 heteroatoms. The third-order valence-electron chi connectivity index (χ3n) is 3.25. The molecular formula is C19H16O3. The van der Waals surface area contributed by atoms with Gasteiger partial charge in [0.15, 0.2) is 11.6 Å². The van der Waals surface area contributed by atoms with E-state index >= 15 is 0 Å². The maximum atomic E-state index is 12.4. The molecule has 1 atom stereocenters. The monoisotopic (exact) mass is 292 g/mol. The van der Waals surface area contributed by atoms with Crippen LogP contribution in [0.2, 0.25) is 0 Å². The van der Waals surface area contributed by atoms with E-state index in [4.69, 9.17) is 0 Å². The maximum Gasteiger partial charge on any atom is 0.181 e. The highest BCUT2D eigenvalue weighted by Crippen LogP contribution is 2.13. The number of carbonyl (C=O) groups excluding carboxylic acids is 3. The molecule has 110 valence electrons. The second-order valence-electron chi connectivity index (χ2n) is 4.92. The average Bonchev–Trinajstić information content (AvgIpc) is 2.54. The van der Waals surface area contributed by atoms with Crippen molar-refractivity contribution in [2.24, 2.45) is 5.92 Å². The van der Waals surface area contributed by atoms with Gasteiger partial charge in [0.25, 0.3) is 0 Å².